The number of halogens is 1. The Morgan fingerprint density at radius 3 is 2.74 bits per heavy atom. The fourth-order valence-corrected chi connectivity index (χ4v) is 6.52. The number of ether oxygens (including phenoxy) is 2. The summed E-state index contributed by atoms with van der Waals surface area (Å²) in [5, 5.41) is 10.3. The average molecular weight is 527 g/mol. The number of piperidine rings is 2. The van der Waals surface area contributed by atoms with Gasteiger partial charge in [0.1, 0.15) is 0 Å². The van der Waals surface area contributed by atoms with Crippen molar-refractivity contribution < 1.29 is 23.5 Å². The number of amides is 2. The van der Waals surface area contributed by atoms with Gasteiger partial charge in [0.15, 0.2) is 11.5 Å². The number of hydrogen-bond donors (Lipinski definition) is 2. The minimum absolute atomic E-state index is 0.104. The summed E-state index contributed by atoms with van der Waals surface area (Å²) in [4.78, 5) is 34.9. The van der Waals surface area contributed by atoms with Crippen LogP contribution >= 0.6 is 0 Å². The van der Waals surface area contributed by atoms with Gasteiger partial charge in [-0.05, 0) is 51.1 Å². The van der Waals surface area contributed by atoms with Crippen molar-refractivity contribution in [2.24, 2.45) is 5.92 Å². The van der Waals surface area contributed by atoms with E-state index in [1.165, 1.54) is 13.2 Å². The van der Waals surface area contributed by atoms with E-state index in [0.29, 0.717) is 25.1 Å². The lowest BCUT2D eigenvalue weighted by molar-refractivity contribution is -0.160. The Bertz CT molecular complexity index is 1230. The van der Waals surface area contributed by atoms with E-state index in [1.54, 1.807) is 6.07 Å². The van der Waals surface area contributed by atoms with Crippen LogP contribution in [0.4, 0.5) is 4.39 Å². The van der Waals surface area contributed by atoms with Crippen molar-refractivity contribution in [3.8, 4) is 17.1 Å². The van der Waals surface area contributed by atoms with Gasteiger partial charge < -0.3 is 19.7 Å². The third-order valence-electron chi connectivity index (χ3n) is 9.01. The summed E-state index contributed by atoms with van der Waals surface area (Å²) in [5.41, 5.74) is 0.729. The van der Waals surface area contributed by atoms with E-state index in [0.717, 1.165) is 58.2 Å². The molecule has 0 radical (unpaired) electrons. The Balaban J connectivity index is 1.09. The molecule has 10 nitrogen and oxygen atoms in total. The zero-order valence-electron chi connectivity index (χ0n) is 22.0. The van der Waals surface area contributed by atoms with E-state index in [4.69, 9.17) is 9.47 Å². The molecule has 4 fully saturated rings. The van der Waals surface area contributed by atoms with E-state index in [9.17, 15) is 14.0 Å². The molecule has 2 spiro atoms. The molecule has 1 saturated carbocycles. The molecule has 5 heterocycles. The zero-order chi connectivity index (χ0) is 26.5. The predicted octanol–water partition coefficient (Wildman–Crippen LogP) is 2.37. The molecule has 2 N–H and O–H groups in total. The highest BCUT2D eigenvalue weighted by Gasteiger charge is 2.55. The van der Waals surface area contributed by atoms with Gasteiger partial charge in [0.05, 0.1) is 37.8 Å². The predicted molar refractivity (Wildman–Crippen MR) is 136 cm³/mol. The maximum absolute atomic E-state index is 14.4. The Labute approximate surface area is 221 Å². The van der Waals surface area contributed by atoms with Gasteiger partial charge in [-0.25, -0.2) is 9.37 Å². The van der Waals surface area contributed by atoms with Crippen LogP contribution in [-0.4, -0.2) is 93.9 Å². The molecule has 2 aromatic rings. The minimum Gasteiger partial charge on any atom is -0.481 e. The van der Waals surface area contributed by atoms with E-state index < -0.39 is 5.82 Å². The van der Waals surface area contributed by atoms with Gasteiger partial charge >= 0.3 is 0 Å². The summed E-state index contributed by atoms with van der Waals surface area (Å²) in [7, 11) is 1.46. The SMILES string of the molecule is CCN1CC(NC(=O)[C@H]2CCN(C(=O)c3cc(-c4cc(OC)ncc4F)[nH]n3)C3(CC3)C2)CCC12COC2. The Morgan fingerprint density at radius 2 is 2.05 bits per heavy atom. The molecule has 3 aliphatic heterocycles. The highest BCUT2D eigenvalue weighted by atomic mass is 19.1. The average Bonchev–Trinajstić information content (AvgIpc) is 3.48. The molecular formula is C27H35FN6O4. The number of carbonyl (C=O) groups excluding carboxylic acids is 2. The van der Waals surface area contributed by atoms with Crippen LogP contribution in [-0.2, 0) is 9.53 Å². The molecule has 3 saturated heterocycles. The third kappa shape index (κ3) is 4.35. The fraction of sp³-hybridized carbons (Fsp3) is 0.630. The first-order valence-corrected chi connectivity index (χ1v) is 13.6. The third-order valence-corrected chi connectivity index (χ3v) is 9.01. The van der Waals surface area contributed by atoms with Gasteiger partial charge in [-0.3, -0.25) is 19.6 Å². The molecule has 2 aromatic heterocycles. The molecular weight excluding hydrogens is 491 g/mol. The van der Waals surface area contributed by atoms with Gasteiger partial charge in [-0.1, -0.05) is 6.92 Å². The first kappa shape index (κ1) is 25.2. The molecule has 0 aromatic carbocycles. The summed E-state index contributed by atoms with van der Waals surface area (Å²) in [6.45, 7) is 6.07. The Hall–Kier alpha value is -3.05. The summed E-state index contributed by atoms with van der Waals surface area (Å²) >= 11 is 0. The maximum atomic E-state index is 14.4. The van der Waals surface area contributed by atoms with Crippen LogP contribution < -0.4 is 10.1 Å². The number of carbonyl (C=O) groups is 2. The van der Waals surface area contributed by atoms with Crippen molar-refractivity contribution in [1.29, 1.82) is 0 Å². The second-order valence-corrected chi connectivity index (χ2v) is 11.2. The maximum Gasteiger partial charge on any atom is 0.274 e. The molecule has 2 atom stereocenters. The van der Waals surface area contributed by atoms with Crippen LogP contribution in [0.3, 0.4) is 0 Å². The van der Waals surface area contributed by atoms with Crippen molar-refractivity contribution >= 4 is 11.8 Å². The van der Waals surface area contributed by atoms with Gasteiger partial charge in [0, 0.05) is 42.2 Å². The summed E-state index contributed by atoms with van der Waals surface area (Å²) in [6.07, 6.45) is 6.15. The normalized spacial score (nSPS) is 25.7. The van der Waals surface area contributed by atoms with Crippen molar-refractivity contribution in [3.05, 3.63) is 29.8 Å². The number of hydrogen-bond acceptors (Lipinski definition) is 7. The van der Waals surface area contributed by atoms with Gasteiger partial charge in [0.25, 0.3) is 5.91 Å². The van der Waals surface area contributed by atoms with Crippen molar-refractivity contribution in [1.82, 2.24) is 30.3 Å². The van der Waals surface area contributed by atoms with Crippen molar-refractivity contribution in [2.45, 2.75) is 62.6 Å². The molecule has 6 rings (SSSR count). The van der Waals surface area contributed by atoms with E-state index in [2.05, 4.69) is 32.3 Å². The summed E-state index contributed by atoms with van der Waals surface area (Å²) in [5.74, 6) is -0.449. The van der Waals surface area contributed by atoms with Gasteiger partial charge in [-0.2, -0.15) is 5.10 Å². The highest BCUT2D eigenvalue weighted by Crippen LogP contribution is 2.50. The molecule has 1 unspecified atom stereocenters. The van der Waals surface area contributed by atoms with Crippen LogP contribution in [0.25, 0.3) is 11.3 Å². The smallest absolute Gasteiger partial charge is 0.274 e. The molecule has 11 heteroatoms. The molecule has 1 aliphatic carbocycles. The second kappa shape index (κ2) is 9.60. The Kier molecular flexibility index (Phi) is 6.38. The first-order chi connectivity index (χ1) is 18.4. The molecule has 204 valence electrons. The summed E-state index contributed by atoms with van der Waals surface area (Å²) in [6, 6.07) is 3.19. The molecule has 38 heavy (non-hydrogen) atoms. The van der Waals surface area contributed by atoms with Gasteiger partial charge in [0.2, 0.25) is 11.8 Å². The van der Waals surface area contributed by atoms with Crippen LogP contribution in [0.1, 0.15) is 55.9 Å². The lowest BCUT2D eigenvalue weighted by Crippen LogP contribution is -2.67. The highest BCUT2D eigenvalue weighted by molar-refractivity contribution is 5.94. The minimum atomic E-state index is -0.532. The number of aromatic amines is 1. The fourth-order valence-electron chi connectivity index (χ4n) is 6.52. The molecule has 0 bridgehead atoms. The number of nitrogens with one attached hydrogen (secondary N) is 2. The molecule has 4 aliphatic rings. The van der Waals surface area contributed by atoms with E-state index in [1.807, 2.05) is 4.90 Å². The summed E-state index contributed by atoms with van der Waals surface area (Å²) < 4.78 is 25.0. The number of pyridine rings is 1. The van der Waals surface area contributed by atoms with Crippen LogP contribution in [0.5, 0.6) is 5.88 Å². The lowest BCUT2D eigenvalue weighted by atomic mass is 9.82. The number of methoxy groups -OCH3 is 1. The van der Waals surface area contributed by atoms with Crippen molar-refractivity contribution in [3.63, 3.8) is 0 Å². The van der Waals surface area contributed by atoms with E-state index >= 15 is 0 Å². The van der Waals surface area contributed by atoms with Crippen LogP contribution in [0, 0.1) is 11.7 Å². The lowest BCUT2D eigenvalue weighted by Gasteiger charge is -2.54. The van der Waals surface area contributed by atoms with Crippen LogP contribution in [0.2, 0.25) is 0 Å². The quantitative estimate of drug-likeness (QED) is 0.594. The number of likely N-dealkylation sites (tertiary alicyclic amines) is 2. The zero-order valence-corrected chi connectivity index (χ0v) is 22.0. The topological polar surface area (TPSA) is 113 Å². The largest absolute Gasteiger partial charge is 0.481 e. The first-order valence-electron chi connectivity index (χ1n) is 13.6. The second-order valence-electron chi connectivity index (χ2n) is 11.2. The molecule has 2 amide bonds. The number of nitrogens with zero attached hydrogens (tertiary/aromatic N) is 4. The number of rotatable bonds is 6. The Morgan fingerprint density at radius 1 is 1.24 bits per heavy atom. The number of aromatic nitrogens is 3. The van der Waals surface area contributed by atoms with Crippen LogP contribution in [0.15, 0.2) is 18.3 Å². The van der Waals surface area contributed by atoms with E-state index in [-0.39, 0.29) is 52.0 Å². The number of H-pyrrole nitrogens is 1. The monoisotopic (exact) mass is 526 g/mol. The standard InChI is InChI=1S/C27H35FN6O4/c1-3-33-14-18(4-6-27(33)15-38-16-27)30-24(35)17-5-9-34(26(12-17)7-8-26)25(36)22-11-21(31-32-22)19-10-23(37-2)29-13-20(19)28/h10-11,13,17-18H,3-9,12,14-16H2,1-2H3,(H,30,35)(H,31,32)/t17-,18?/m0/s1. The number of likely N-dealkylation sites (N-methyl/N-ethyl adjacent to an activating group) is 1. The van der Waals surface area contributed by atoms with Crippen molar-refractivity contribution in [2.75, 3.05) is 40.0 Å². The van der Waals surface area contributed by atoms with Gasteiger partial charge in [-0.15, -0.1) is 0 Å².